The van der Waals surface area contributed by atoms with Gasteiger partial charge in [0.1, 0.15) is 0 Å². The number of para-hydroxylation sites is 2. The Morgan fingerprint density at radius 3 is 1.40 bits per heavy atom. The van der Waals surface area contributed by atoms with Crippen LogP contribution in [0, 0.1) is 0 Å². The number of anilines is 3. The van der Waals surface area contributed by atoms with Crippen LogP contribution in [0.25, 0.3) is 93.2 Å². The van der Waals surface area contributed by atoms with Crippen LogP contribution in [0.5, 0.6) is 0 Å². The van der Waals surface area contributed by atoms with E-state index in [0.717, 1.165) is 33.9 Å². The largest absolute Gasteiger partial charge is 0.310 e. The molecule has 0 fully saturated rings. The molecule has 11 aromatic carbocycles. The maximum Gasteiger partial charge on any atom is 0.0541 e. The summed E-state index contributed by atoms with van der Waals surface area (Å²) in [5.74, 6) is 0. The predicted octanol–water partition coefficient (Wildman–Crippen LogP) is 16.7. The van der Waals surface area contributed by atoms with Gasteiger partial charge in [0.25, 0.3) is 0 Å². The van der Waals surface area contributed by atoms with Gasteiger partial charge in [-0.15, -0.1) is 0 Å². The summed E-state index contributed by atoms with van der Waals surface area (Å²) in [6.07, 6.45) is 0. The molecule has 1 aromatic heterocycles. The van der Waals surface area contributed by atoms with E-state index in [2.05, 4.69) is 252 Å². The molecule has 2 nitrogen and oxygen atoms in total. The summed E-state index contributed by atoms with van der Waals surface area (Å²) in [4.78, 5) is 2.43. The van der Waals surface area contributed by atoms with Crippen molar-refractivity contribution >= 4 is 71.2 Å². The first-order valence-corrected chi connectivity index (χ1v) is 21.3. The Morgan fingerprint density at radius 1 is 0.274 bits per heavy atom. The molecular weight excluding hydrogens is 749 g/mol. The van der Waals surface area contributed by atoms with Gasteiger partial charge in [-0.25, -0.2) is 0 Å². The predicted molar refractivity (Wildman–Crippen MR) is 264 cm³/mol. The van der Waals surface area contributed by atoms with Crippen LogP contribution in [0.1, 0.15) is 0 Å². The fraction of sp³-hybridized carbons (Fsp3) is 0. The van der Waals surface area contributed by atoms with Crippen molar-refractivity contribution in [2.75, 3.05) is 4.90 Å². The molecule has 1 heterocycles. The van der Waals surface area contributed by atoms with Crippen LogP contribution < -0.4 is 4.90 Å². The van der Waals surface area contributed by atoms with Gasteiger partial charge in [-0.2, -0.15) is 0 Å². The lowest BCUT2D eigenvalue weighted by molar-refractivity contribution is 1.17. The van der Waals surface area contributed by atoms with Crippen molar-refractivity contribution in [3.8, 4) is 39.1 Å². The van der Waals surface area contributed by atoms with Crippen molar-refractivity contribution in [1.29, 1.82) is 0 Å². The lowest BCUT2D eigenvalue weighted by atomic mass is 9.89. The summed E-state index contributed by atoms with van der Waals surface area (Å²) in [6.45, 7) is 0. The number of rotatable bonds is 7. The van der Waals surface area contributed by atoms with E-state index < -0.39 is 0 Å². The van der Waals surface area contributed by atoms with Crippen LogP contribution in [0.2, 0.25) is 0 Å². The molecule has 0 unspecified atom stereocenters. The van der Waals surface area contributed by atoms with Gasteiger partial charge in [-0.3, -0.25) is 0 Å². The zero-order chi connectivity index (χ0) is 41.0. The number of aromatic nitrogens is 1. The van der Waals surface area contributed by atoms with Gasteiger partial charge in [0, 0.05) is 33.4 Å². The molecule has 0 atom stereocenters. The molecule has 0 amide bonds. The smallest absolute Gasteiger partial charge is 0.0541 e. The normalized spacial score (nSPS) is 11.5. The molecule has 0 radical (unpaired) electrons. The zero-order valence-corrected chi connectivity index (χ0v) is 34.0. The summed E-state index contributed by atoms with van der Waals surface area (Å²) in [5.41, 5.74) is 13.8. The molecule has 0 spiro atoms. The lowest BCUT2D eigenvalue weighted by Crippen LogP contribution is -2.12. The molecule has 0 N–H and O–H groups in total. The van der Waals surface area contributed by atoms with Crippen molar-refractivity contribution in [2.24, 2.45) is 0 Å². The van der Waals surface area contributed by atoms with Gasteiger partial charge < -0.3 is 9.47 Å². The van der Waals surface area contributed by atoms with Crippen LogP contribution in [0.4, 0.5) is 17.1 Å². The highest BCUT2D eigenvalue weighted by atomic mass is 15.1. The average Bonchev–Trinajstić information content (AvgIpc) is 3.69. The molecule has 12 rings (SSSR count). The van der Waals surface area contributed by atoms with Crippen molar-refractivity contribution in [3.05, 3.63) is 243 Å². The number of nitrogens with zero attached hydrogens (tertiary/aromatic N) is 2. The first kappa shape index (κ1) is 35.7. The third-order valence-electron chi connectivity index (χ3n) is 12.6. The summed E-state index contributed by atoms with van der Waals surface area (Å²) < 4.78 is 2.41. The number of hydrogen-bond donors (Lipinski definition) is 0. The Morgan fingerprint density at radius 2 is 0.758 bits per heavy atom. The first-order chi connectivity index (χ1) is 30.8. The van der Waals surface area contributed by atoms with Crippen LogP contribution in [-0.4, -0.2) is 4.57 Å². The molecule has 12 aromatic rings. The van der Waals surface area contributed by atoms with Crippen molar-refractivity contribution in [3.63, 3.8) is 0 Å². The molecular formula is C60H40N2. The lowest BCUT2D eigenvalue weighted by Gasteiger charge is -2.29. The van der Waals surface area contributed by atoms with Crippen molar-refractivity contribution < 1.29 is 0 Å². The minimum absolute atomic E-state index is 1.08. The summed E-state index contributed by atoms with van der Waals surface area (Å²) >= 11 is 0. The van der Waals surface area contributed by atoms with Gasteiger partial charge in [-0.05, 0) is 115 Å². The second kappa shape index (κ2) is 14.8. The van der Waals surface area contributed by atoms with E-state index in [1.165, 1.54) is 76.4 Å². The fourth-order valence-corrected chi connectivity index (χ4v) is 9.78. The Bertz CT molecular complexity index is 3520. The maximum atomic E-state index is 2.43. The van der Waals surface area contributed by atoms with Crippen LogP contribution in [-0.2, 0) is 0 Å². The molecule has 0 aliphatic rings. The first-order valence-electron chi connectivity index (χ1n) is 21.3. The van der Waals surface area contributed by atoms with Gasteiger partial charge in [0.05, 0.1) is 16.7 Å². The van der Waals surface area contributed by atoms with Gasteiger partial charge in [-0.1, -0.05) is 188 Å². The second-order valence-corrected chi connectivity index (χ2v) is 16.1. The Balaban J connectivity index is 1.07. The van der Waals surface area contributed by atoms with E-state index in [0.29, 0.717) is 0 Å². The third-order valence-corrected chi connectivity index (χ3v) is 12.6. The van der Waals surface area contributed by atoms with Crippen LogP contribution >= 0.6 is 0 Å². The number of hydrogen-bond acceptors (Lipinski definition) is 1. The van der Waals surface area contributed by atoms with E-state index in [1.54, 1.807) is 0 Å². The molecule has 0 saturated heterocycles. The van der Waals surface area contributed by atoms with Crippen LogP contribution in [0.3, 0.4) is 0 Å². The third kappa shape index (κ3) is 5.88. The van der Waals surface area contributed by atoms with Crippen molar-refractivity contribution in [2.45, 2.75) is 0 Å². The minimum atomic E-state index is 1.08. The van der Waals surface area contributed by atoms with Crippen LogP contribution in [0.15, 0.2) is 243 Å². The zero-order valence-electron chi connectivity index (χ0n) is 34.0. The number of fused-ring (bicyclic) bond motifs is 9. The Labute approximate surface area is 360 Å². The molecule has 0 saturated carbocycles. The Hall–Kier alpha value is -8.20. The summed E-state index contributed by atoms with van der Waals surface area (Å²) in [6, 6.07) is 88.5. The van der Waals surface area contributed by atoms with E-state index >= 15 is 0 Å². The number of benzene rings is 11. The molecule has 0 aliphatic heterocycles. The average molecular weight is 789 g/mol. The standard InChI is InChI=1S/C60H40N2/c1-3-17-41(18-4-1)44-21-15-22-46(39-44)61(45-35-33-43(34-36-45)48-29-16-30-55-51-24-8-7-23-49(51)50-25-9-10-28-54(50)60(48)55)59-38-37-47(40-56(59)42-19-5-2-6-20-42)62-57-31-13-11-26-52(57)53-27-12-14-32-58(53)62/h1-40H. The van der Waals surface area contributed by atoms with E-state index in [4.69, 9.17) is 0 Å². The highest BCUT2D eigenvalue weighted by Crippen LogP contribution is 2.45. The molecule has 2 heteroatoms. The van der Waals surface area contributed by atoms with Crippen molar-refractivity contribution in [1.82, 2.24) is 4.57 Å². The van der Waals surface area contributed by atoms with E-state index in [-0.39, 0.29) is 0 Å². The highest BCUT2D eigenvalue weighted by Gasteiger charge is 2.21. The van der Waals surface area contributed by atoms with Gasteiger partial charge in [0.15, 0.2) is 0 Å². The summed E-state index contributed by atoms with van der Waals surface area (Å²) in [7, 11) is 0. The second-order valence-electron chi connectivity index (χ2n) is 16.1. The quantitative estimate of drug-likeness (QED) is 0.146. The minimum Gasteiger partial charge on any atom is -0.310 e. The van der Waals surface area contributed by atoms with E-state index in [1.807, 2.05) is 0 Å². The summed E-state index contributed by atoms with van der Waals surface area (Å²) in [5, 5.41) is 10.2. The van der Waals surface area contributed by atoms with E-state index in [9.17, 15) is 0 Å². The fourth-order valence-electron chi connectivity index (χ4n) is 9.78. The SMILES string of the molecule is c1ccc(-c2cccc(N(c3ccc(-c4cccc5c6ccccc6c6ccccc6c45)cc3)c3ccc(-n4c5ccccc5c5ccccc54)cc3-c3ccccc3)c2)cc1. The molecule has 290 valence electrons. The Kier molecular flexibility index (Phi) is 8.53. The maximum absolute atomic E-state index is 2.43. The highest BCUT2D eigenvalue weighted by molar-refractivity contribution is 6.28. The van der Waals surface area contributed by atoms with Gasteiger partial charge >= 0.3 is 0 Å². The monoisotopic (exact) mass is 788 g/mol. The molecule has 0 aliphatic carbocycles. The van der Waals surface area contributed by atoms with Gasteiger partial charge in [0.2, 0.25) is 0 Å². The molecule has 0 bridgehead atoms. The topological polar surface area (TPSA) is 8.17 Å². The molecule has 62 heavy (non-hydrogen) atoms.